The molecule has 0 atom stereocenters. The summed E-state index contributed by atoms with van der Waals surface area (Å²) in [7, 11) is 3.23. The Bertz CT molecular complexity index is 1030. The first-order chi connectivity index (χ1) is 16.5. The van der Waals surface area contributed by atoms with Gasteiger partial charge >= 0.3 is 0 Å². The van der Waals surface area contributed by atoms with Crippen molar-refractivity contribution in [1.29, 1.82) is 0 Å². The fourth-order valence-electron chi connectivity index (χ4n) is 3.52. The lowest BCUT2D eigenvalue weighted by Gasteiger charge is -2.24. The normalized spacial score (nSPS) is 10.7. The molecule has 0 fully saturated rings. The summed E-state index contributed by atoms with van der Waals surface area (Å²) in [4.78, 5) is 22.0. The molecule has 0 bridgehead atoms. The molecule has 10 heteroatoms. The van der Waals surface area contributed by atoms with Gasteiger partial charge in [0.2, 0.25) is 0 Å². The third kappa shape index (κ3) is 7.13. The molecule has 35 heavy (non-hydrogen) atoms. The zero-order valence-electron chi connectivity index (χ0n) is 20.9. The maximum atomic E-state index is 13.3. The molecule has 2 aromatic carbocycles. The summed E-state index contributed by atoms with van der Waals surface area (Å²) in [6, 6.07) is 10.9. The van der Waals surface area contributed by atoms with Crippen molar-refractivity contribution in [1.82, 2.24) is 9.88 Å². The number of nitrogens with zero attached hydrogens (tertiary/aromatic N) is 3. The molecule has 0 unspecified atom stereocenters. The van der Waals surface area contributed by atoms with Gasteiger partial charge in [-0.3, -0.25) is 9.69 Å². The van der Waals surface area contributed by atoms with Crippen molar-refractivity contribution >= 4 is 45.0 Å². The molecular weight excluding hydrogens is 490 g/mol. The lowest BCUT2D eigenvalue weighted by molar-refractivity contribution is -0.120. The SMILES string of the molecule is CCOc1ccc(OCC(=O)N(CCN(CC)CC)c2nc3c(OC)ccc(OC)c3s2)cc1.Cl. The standard InChI is InChI=1S/C25H33N3O5S.ClH/c1-6-27(7-2)15-16-28(22(29)17-33-19-11-9-18(10-12-19)32-8-3)25-26-23-20(30-4)13-14-21(31-5)24(23)34-25;/h9-14H,6-8,15-17H2,1-5H3;1H. The zero-order chi connectivity index (χ0) is 24.5. The molecule has 0 aliphatic heterocycles. The van der Waals surface area contributed by atoms with Gasteiger partial charge in [0.25, 0.3) is 5.91 Å². The van der Waals surface area contributed by atoms with E-state index in [0.29, 0.717) is 41.0 Å². The Kier molecular flexibility index (Phi) is 11.4. The number of anilines is 1. The number of rotatable bonds is 13. The first-order valence-electron chi connectivity index (χ1n) is 11.4. The number of thiazole rings is 1. The number of halogens is 1. The first-order valence-corrected chi connectivity index (χ1v) is 12.3. The van der Waals surface area contributed by atoms with Crippen LogP contribution in [0.5, 0.6) is 23.0 Å². The van der Waals surface area contributed by atoms with Gasteiger partial charge in [-0.25, -0.2) is 4.98 Å². The van der Waals surface area contributed by atoms with E-state index >= 15 is 0 Å². The van der Waals surface area contributed by atoms with Crippen LogP contribution in [0.15, 0.2) is 36.4 Å². The van der Waals surface area contributed by atoms with Crippen LogP contribution in [0.25, 0.3) is 10.2 Å². The third-order valence-corrected chi connectivity index (χ3v) is 6.56. The van der Waals surface area contributed by atoms with Gasteiger partial charge in [-0.1, -0.05) is 25.2 Å². The predicted molar refractivity (Wildman–Crippen MR) is 143 cm³/mol. The van der Waals surface area contributed by atoms with Crippen molar-refractivity contribution in [2.75, 3.05) is 58.5 Å². The van der Waals surface area contributed by atoms with Gasteiger partial charge < -0.3 is 23.8 Å². The highest BCUT2D eigenvalue weighted by Gasteiger charge is 2.23. The number of hydrogen-bond donors (Lipinski definition) is 0. The smallest absolute Gasteiger partial charge is 0.266 e. The summed E-state index contributed by atoms with van der Waals surface area (Å²) in [5, 5.41) is 0.588. The molecule has 3 aromatic rings. The zero-order valence-corrected chi connectivity index (χ0v) is 22.5. The summed E-state index contributed by atoms with van der Waals surface area (Å²) >= 11 is 1.41. The number of hydrogen-bond acceptors (Lipinski definition) is 8. The Morgan fingerprint density at radius 2 is 1.49 bits per heavy atom. The minimum absolute atomic E-state index is 0. The third-order valence-electron chi connectivity index (χ3n) is 5.46. The van der Waals surface area contributed by atoms with Gasteiger partial charge in [-0.05, 0) is 56.4 Å². The Morgan fingerprint density at radius 1 is 0.886 bits per heavy atom. The van der Waals surface area contributed by atoms with E-state index in [-0.39, 0.29) is 24.9 Å². The van der Waals surface area contributed by atoms with E-state index in [1.807, 2.05) is 31.2 Å². The van der Waals surface area contributed by atoms with Crippen molar-refractivity contribution in [3.63, 3.8) is 0 Å². The van der Waals surface area contributed by atoms with Crippen molar-refractivity contribution in [3.05, 3.63) is 36.4 Å². The molecule has 3 rings (SSSR count). The van der Waals surface area contributed by atoms with Gasteiger partial charge in [0, 0.05) is 13.1 Å². The monoisotopic (exact) mass is 523 g/mol. The maximum absolute atomic E-state index is 13.3. The molecule has 0 aliphatic rings. The summed E-state index contributed by atoms with van der Waals surface area (Å²) in [5.41, 5.74) is 0.676. The highest BCUT2D eigenvalue weighted by Crippen LogP contribution is 2.40. The highest BCUT2D eigenvalue weighted by atomic mass is 35.5. The van der Waals surface area contributed by atoms with E-state index in [1.54, 1.807) is 31.3 Å². The molecule has 192 valence electrons. The molecule has 1 aromatic heterocycles. The average molecular weight is 524 g/mol. The predicted octanol–water partition coefficient (Wildman–Crippen LogP) is 4.89. The van der Waals surface area contributed by atoms with E-state index in [1.165, 1.54) is 11.3 Å². The second-order valence-corrected chi connectivity index (χ2v) is 8.39. The van der Waals surface area contributed by atoms with Crippen molar-refractivity contribution in [2.24, 2.45) is 0 Å². The van der Waals surface area contributed by atoms with Gasteiger partial charge in [-0.2, -0.15) is 0 Å². The molecule has 0 radical (unpaired) electrons. The fourth-order valence-corrected chi connectivity index (χ4v) is 4.64. The molecular formula is C25H34ClN3O5S. The molecule has 1 amide bonds. The summed E-state index contributed by atoms with van der Waals surface area (Å²) < 4.78 is 23.1. The minimum Gasteiger partial charge on any atom is -0.495 e. The van der Waals surface area contributed by atoms with Gasteiger partial charge in [-0.15, -0.1) is 12.4 Å². The Morgan fingerprint density at radius 3 is 2.06 bits per heavy atom. The molecule has 0 saturated carbocycles. The number of carbonyl (C=O) groups is 1. The van der Waals surface area contributed by atoms with Crippen LogP contribution in [0.4, 0.5) is 5.13 Å². The summed E-state index contributed by atoms with van der Waals surface area (Å²) in [6.07, 6.45) is 0. The van der Waals surface area contributed by atoms with Crippen LogP contribution < -0.4 is 23.8 Å². The molecule has 1 heterocycles. The van der Waals surface area contributed by atoms with Crippen LogP contribution in [-0.2, 0) is 4.79 Å². The molecule has 0 saturated heterocycles. The van der Waals surface area contributed by atoms with Crippen molar-refractivity contribution in [2.45, 2.75) is 20.8 Å². The molecule has 0 spiro atoms. The highest BCUT2D eigenvalue weighted by molar-refractivity contribution is 7.22. The van der Waals surface area contributed by atoms with Gasteiger partial charge in [0.1, 0.15) is 33.2 Å². The largest absolute Gasteiger partial charge is 0.495 e. The first kappa shape index (κ1) is 28.5. The van der Waals surface area contributed by atoms with E-state index in [4.69, 9.17) is 23.9 Å². The summed E-state index contributed by atoms with van der Waals surface area (Å²) in [6.45, 7) is 9.68. The van der Waals surface area contributed by atoms with Gasteiger partial charge in [0.05, 0.1) is 20.8 Å². The molecule has 8 nitrogen and oxygen atoms in total. The number of carbonyl (C=O) groups excluding carboxylic acids is 1. The van der Waals surface area contributed by atoms with Gasteiger partial charge in [0.15, 0.2) is 11.7 Å². The van der Waals surface area contributed by atoms with Crippen LogP contribution in [0.2, 0.25) is 0 Å². The number of benzene rings is 2. The average Bonchev–Trinajstić information content (AvgIpc) is 3.31. The van der Waals surface area contributed by atoms with Crippen LogP contribution in [-0.4, -0.2) is 69.4 Å². The number of aromatic nitrogens is 1. The quantitative estimate of drug-likeness (QED) is 0.316. The van der Waals surface area contributed by atoms with E-state index < -0.39 is 0 Å². The fraction of sp³-hybridized carbons (Fsp3) is 0.440. The number of amides is 1. The summed E-state index contributed by atoms with van der Waals surface area (Å²) in [5.74, 6) is 2.53. The molecule has 0 aliphatic carbocycles. The van der Waals surface area contributed by atoms with Crippen LogP contribution in [0.1, 0.15) is 20.8 Å². The Labute approximate surface area is 217 Å². The van der Waals surface area contributed by atoms with E-state index in [0.717, 1.165) is 30.1 Å². The van der Waals surface area contributed by atoms with E-state index in [9.17, 15) is 4.79 Å². The molecule has 0 N–H and O–H groups in total. The second-order valence-electron chi connectivity index (χ2n) is 7.41. The number of likely N-dealkylation sites (N-methyl/N-ethyl adjacent to an activating group) is 1. The number of methoxy groups -OCH3 is 2. The lowest BCUT2D eigenvalue weighted by atomic mass is 10.3. The van der Waals surface area contributed by atoms with Crippen LogP contribution >= 0.6 is 23.7 Å². The topological polar surface area (TPSA) is 73.4 Å². The van der Waals surface area contributed by atoms with E-state index in [2.05, 4.69) is 18.7 Å². The number of ether oxygens (including phenoxy) is 4. The maximum Gasteiger partial charge on any atom is 0.266 e. The lowest BCUT2D eigenvalue weighted by Crippen LogP contribution is -2.41. The van der Waals surface area contributed by atoms with Crippen molar-refractivity contribution < 1.29 is 23.7 Å². The number of fused-ring (bicyclic) bond motifs is 1. The van der Waals surface area contributed by atoms with Crippen LogP contribution in [0, 0.1) is 0 Å². The second kappa shape index (κ2) is 14.0. The Hall–Kier alpha value is -2.75. The minimum atomic E-state index is -0.168. The Balaban J connectivity index is 0.00000432. The van der Waals surface area contributed by atoms with Crippen molar-refractivity contribution in [3.8, 4) is 23.0 Å². The van der Waals surface area contributed by atoms with Crippen LogP contribution in [0.3, 0.4) is 0 Å².